The summed E-state index contributed by atoms with van der Waals surface area (Å²) in [6.07, 6.45) is 7.91. The first kappa shape index (κ1) is 11.6. The number of carbonyl (C=O) groups is 1. The van der Waals surface area contributed by atoms with Gasteiger partial charge >= 0.3 is 0 Å². The molecule has 3 nitrogen and oxygen atoms in total. The zero-order chi connectivity index (χ0) is 11.3. The molecule has 0 unspecified atom stereocenters. The number of nitrogens with zero attached hydrogens (tertiary/aromatic N) is 1. The summed E-state index contributed by atoms with van der Waals surface area (Å²) in [5, 5.41) is 11.8. The molecule has 1 saturated carbocycles. The average molecular weight is 204 g/mol. The maximum atomic E-state index is 11.7. The van der Waals surface area contributed by atoms with Crippen molar-refractivity contribution in [2.45, 2.75) is 32.6 Å². The zero-order valence-corrected chi connectivity index (χ0v) is 9.05. The Morgan fingerprint density at radius 1 is 1.67 bits per heavy atom. The Morgan fingerprint density at radius 2 is 2.33 bits per heavy atom. The highest BCUT2D eigenvalue weighted by atomic mass is 16.2. The lowest BCUT2D eigenvalue weighted by Crippen LogP contribution is -2.48. The minimum atomic E-state index is -0.754. The van der Waals surface area contributed by atoms with Gasteiger partial charge in [-0.2, -0.15) is 5.26 Å². The van der Waals surface area contributed by atoms with Crippen LogP contribution in [0.25, 0.3) is 0 Å². The van der Waals surface area contributed by atoms with Gasteiger partial charge in [0.05, 0.1) is 6.07 Å². The van der Waals surface area contributed by atoms with Crippen LogP contribution in [-0.4, -0.2) is 12.5 Å². The molecule has 0 saturated heterocycles. The number of nitrogens with one attached hydrogen (secondary N) is 1. The van der Waals surface area contributed by atoms with Crippen LogP contribution in [0.3, 0.4) is 0 Å². The van der Waals surface area contributed by atoms with E-state index in [0.29, 0.717) is 31.7 Å². The lowest BCUT2D eigenvalue weighted by molar-refractivity contribution is -0.133. The van der Waals surface area contributed by atoms with Crippen LogP contribution in [0, 0.1) is 35.0 Å². The van der Waals surface area contributed by atoms with E-state index in [2.05, 4.69) is 24.2 Å². The second-order valence-electron chi connectivity index (χ2n) is 4.27. The molecule has 0 aliphatic heterocycles. The quantitative estimate of drug-likeness (QED) is 0.556. The average Bonchev–Trinajstić information content (AvgIpc) is 2.19. The van der Waals surface area contributed by atoms with Crippen molar-refractivity contribution in [3.63, 3.8) is 0 Å². The molecule has 0 atom stereocenters. The van der Waals surface area contributed by atoms with E-state index < -0.39 is 5.41 Å². The summed E-state index contributed by atoms with van der Waals surface area (Å²) in [6, 6.07) is 2.13. The van der Waals surface area contributed by atoms with E-state index in [1.54, 1.807) is 0 Å². The van der Waals surface area contributed by atoms with Gasteiger partial charge in [0.15, 0.2) is 0 Å². The standard InChI is InChI=1S/C12H16N2O/c1-3-4-5-6-14-11(15)12(9-13)7-10(2)8-12/h1,10H,4-8H2,2H3,(H,14,15). The van der Waals surface area contributed by atoms with E-state index in [-0.39, 0.29) is 5.91 Å². The van der Waals surface area contributed by atoms with Crippen molar-refractivity contribution in [3.05, 3.63) is 0 Å². The van der Waals surface area contributed by atoms with E-state index in [0.717, 1.165) is 6.42 Å². The number of unbranched alkanes of at least 4 members (excludes halogenated alkanes) is 1. The van der Waals surface area contributed by atoms with E-state index in [1.807, 2.05) is 0 Å². The number of carbonyl (C=O) groups excluding carboxylic acids is 1. The molecule has 1 N–H and O–H groups in total. The van der Waals surface area contributed by atoms with Gasteiger partial charge in [-0.25, -0.2) is 0 Å². The molecule has 1 amide bonds. The predicted molar refractivity (Wildman–Crippen MR) is 57.5 cm³/mol. The normalized spacial score (nSPS) is 28.3. The van der Waals surface area contributed by atoms with Gasteiger partial charge in [-0.05, 0) is 25.2 Å². The number of terminal acetylenes is 1. The number of hydrogen-bond acceptors (Lipinski definition) is 2. The van der Waals surface area contributed by atoms with Gasteiger partial charge in [0.25, 0.3) is 0 Å². The summed E-state index contributed by atoms with van der Waals surface area (Å²) in [7, 11) is 0. The molecule has 1 aliphatic carbocycles. The van der Waals surface area contributed by atoms with Gasteiger partial charge in [0.2, 0.25) is 5.91 Å². The van der Waals surface area contributed by atoms with Gasteiger partial charge in [-0.3, -0.25) is 4.79 Å². The molecule has 15 heavy (non-hydrogen) atoms. The molecular formula is C12H16N2O. The third kappa shape index (κ3) is 2.50. The molecule has 0 aromatic carbocycles. The first-order valence-electron chi connectivity index (χ1n) is 5.27. The van der Waals surface area contributed by atoms with Crippen LogP contribution in [0.15, 0.2) is 0 Å². The van der Waals surface area contributed by atoms with Crippen molar-refractivity contribution in [1.82, 2.24) is 5.32 Å². The summed E-state index contributed by atoms with van der Waals surface area (Å²) in [4.78, 5) is 11.7. The van der Waals surface area contributed by atoms with Gasteiger partial charge in [0.1, 0.15) is 5.41 Å². The lowest BCUT2D eigenvalue weighted by Gasteiger charge is -2.39. The van der Waals surface area contributed by atoms with Crippen molar-refractivity contribution in [2.24, 2.45) is 11.3 Å². The Kier molecular flexibility index (Phi) is 3.74. The van der Waals surface area contributed by atoms with Crippen molar-refractivity contribution >= 4 is 5.91 Å². The van der Waals surface area contributed by atoms with Crippen LogP contribution in [-0.2, 0) is 4.79 Å². The summed E-state index contributed by atoms with van der Waals surface area (Å²) in [6.45, 7) is 2.63. The molecule has 0 radical (unpaired) electrons. The zero-order valence-electron chi connectivity index (χ0n) is 9.05. The lowest BCUT2D eigenvalue weighted by atomic mass is 9.63. The fraction of sp³-hybridized carbons (Fsp3) is 0.667. The summed E-state index contributed by atoms with van der Waals surface area (Å²) in [5.74, 6) is 2.88. The Bertz CT molecular complexity index is 315. The van der Waals surface area contributed by atoms with Crippen LogP contribution >= 0.6 is 0 Å². The minimum Gasteiger partial charge on any atom is -0.355 e. The van der Waals surface area contributed by atoms with E-state index in [9.17, 15) is 4.79 Å². The third-order valence-electron chi connectivity index (χ3n) is 2.83. The Hall–Kier alpha value is -1.48. The molecule has 0 bridgehead atoms. The second-order valence-corrected chi connectivity index (χ2v) is 4.27. The van der Waals surface area contributed by atoms with Crippen LogP contribution in [0.5, 0.6) is 0 Å². The van der Waals surface area contributed by atoms with Gasteiger partial charge < -0.3 is 5.32 Å². The largest absolute Gasteiger partial charge is 0.355 e. The SMILES string of the molecule is C#CCCCNC(=O)C1(C#N)CC(C)C1. The highest BCUT2D eigenvalue weighted by Crippen LogP contribution is 2.44. The van der Waals surface area contributed by atoms with Crippen molar-refractivity contribution in [2.75, 3.05) is 6.54 Å². The van der Waals surface area contributed by atoms with Crippen LogP contribution in [0.1, 0.15) is 32.6 Å². The van der Waals surface area contributed by atoms with E-state index in [4.69, 9.17) is 11.7 Å². The first-order chi connectivity index (χ1) is 7.14. The molecule has 0 aromatic rings. The Morgan fingerprint density at radius 3 is 2.80 bits per heavy atom. The predicted octanol–water partition coefficient (Wildman–Crippen LogP) is 1.46. The summed E-state index contributed by atoms with van der Waals surface area (Å²) in [5.41, 5.74) is -0.754. The van der Waals surface area contributed by atoms with Crippen LogP contribution in [0.2, 0.25) is 0 Å². The topological polar surface area (TPSA) is 52.9 Å². The maximum Gasteiger partial charge on any atom is 0.240 e. The molecule has 0 aromatic heterocycles. The van der Waals surface area contributed by atoms with Crippen LogP contribution in [0.4, 0.5) is 0 Å². The van der Waals surface area contributed by atoms with Gasteiger partial charge in [0, 0.05) is 13.0 Å². The molecule has 0 heterocycles. The van der Waals surface area contributed by atoms with E-state index >= 15 is 0 Å². The smallest absolute Gasteiger partial charge is 0.240 e. The van der Waals surface area contributed by atoms with Crippen LogP contribution < -0.4 is 5.32 Å². The summed E-state index contributed by atoms with van der Waals surface area (Å²) >= 11 is 0. The molecule has 0 spiro atoms. The molecule has 1 aliphatic rings. The Balaban J connectivity index is 2.34. The highest BCUT2D eigenvalue weighted by molar-refractivity contribution is 5.86. The van der Waals surface area contributed by atoms with Crippen molar-refractivity contribution < 1.29 is 4.79 Å². The Labute approximate surface area is 90.9 Å². The number of hydrogen-bond donors (Lipinski definition) is 1. The maximum absolute atomic E-state index is 11.7. The monoisotopic (exact) mass is 204 g/mol. The second kappa shape index (κ2) is 4.84. The molecule has 80 valence electrons. The van der Waals surface area contributed by atoms with Crippen molar-refractivity contribution in [1.29, 1.82) is 5.26 Å². The van der Waals surface area contributed by atoms with E-state index in [1.165, 1.54) is 0 Å². The molecule has 3 heteroatoms. The molecule has 1 fully saturated rings. The fourth-order valence-electron chi connectivity index (χ4n) is 2.02. The summed E-state index contributed by atoms with van der Waals surface area (Å²) < 4.78 is 0. The number of nitriles is 1. The van der Waals surface area contributed by atoms with Gasteiger partial charge in [-0.15, -0.1) is 12.3 Å². The van der Waals surface area contributed by atoms with Gasteiger partial charge in [-0.1, -0.05) is 6.92 Å². The highest BCUT2D eigenvalue weighted by Gasteiger charge is 2.48. The fourth-order valence-corrected chi connectivity index (χ4v) is 2.02. The first-order valence-corrected chi connectivity index (χ1v) is 5.27. The molecule has 1 rings (SSSR count). The number of amides is 1. The van der Waals surface area contributed by atoms with Crippen molar-refractivity contribution in [3.8, 4) is 18.4 Å². The number of rotatable bonds is 4. The minimum absolute atomic E-state index is 0.125. The third-order valence-corrected chi connectivity index (χ3v) is 2.83. The molecular weight excluding hydrogens is 188 g/mol.